The summed E-state index contributed by atoms with van der Waals surface area (Å²) in [5, 5.41) is 0. The Balaban J connectivity index is 2.07. The van der Waals surface area contributed by atoms with E-state index in [0.29, 0.717) is 6.04 Å². The summed E-state index contributed by atoms with van der Waals surface area (Å²) in [4.78, 5) is 7.77. The topological polar surface area (TPSA) is 32.5 Å². The Morgan fingerprint density at radius 3 is 2.76 bits per heavy atom. The van der Waals surface area contributed by atoms with Gasteiger partial charge in [-0.05, 0) is 39.1 Å². The maximum absolute atomic E-state index is 5.98. The molecule has 0 spiro atoms. The van der Waals surface area contributed by atoms with Gasteiger partial charge in [-0.15, -0.1) is 11.3 Å². The van der Waals surface area contributed by atoms with Crippen molar-refractivity contribution in [2.75, 3.05) is 39.8 Å². The highest BCUT2D eigenvalue weighted by molar-refractivity contribution is 7.12. The lowest BCUT2D eigenvalue weighted by molar-refractivity contribution is 0.211. The van der Waals surface area contributed by atoms with Crippen LogP contribution in [0.5, 0.6) is 0 Å². The first kappa shape index (κ1) is 13.0. The van der Waals surface area contributed by atoms with Crippen LogP contribution in [0.1, 0.15) is 22.2 Å². The number of rotatable bonds is 3. The molecule has 0 amide bonds. The highest BCUT2D eigenvalue weighted by Crippen LogP contribution is 2.27. The maximum atomic E-state index is 5.98. The second-order valence-corrected chi connectivity index (χ2v) is 6.21. The third-order valence-corrected chi connectivity index (χ3v) is 4.61. The first-order valence-corrected chi connectivity index (χ1v) is 7.21. The summed E-state index contributed by atoms with van der Waals surface area (Å²) in [7, 11) is 2.20. The molecule has 2 heterocycles. The summed E-state index contributed by atoms with van der Waals surface area (Å²) < 4.78 is 0. The fourth-order valence-corrected chi connectivity index (χ4v) is 3.48. The molecule has 1 fully saturated rings. The predicted octanol–water partition coefficient (Wildman–Crippen LogP) is 1.69. The van der Waals surface area contributed by atoms with Crippen molar-refractivity contribution in [2.45, 2.75) is 19.4 Å². The quantitative estimate of drug-likeness (QED) is 0.890. The lowest BCUT2D eigenvalue weighted by Gasteiger charge is -2.28. The molecule has 0 bridgehead atoms. The molecule has 1 aromatic heterocycles. The predicted molar refractivity (Wildman–Crippen MR) is 74.5 cm³/mol. The highest BCUT2D eigenvalue weighted by Gasteiger charge is 2.22. The van der Waals surface area contributed by atoms with Crippen LogP contribution in [0.25, 0.3) is 0 Å². The molecule has 2 rings (SSSR count). The van der Waals surface area contributed by atoms with E-state index in [-0.39, 0.29) is 0 Å². The van der Waals surface area contributed by atoms with Gasteiger partial charge in [0.25, 0.3) is 0 Å². The monoisotopic (exact) mass is 253 g/mol. The van der Waals surface area contributed by atoms with E-state index < -0.39 is 0 Å². The van der Waals surface area contributed by atoms with Crippen molar-refractivity contribution in [2.24, 2.45) is 5.73 Å². The molecule has 3 nitrogen and oxygen atoms in total. The van der Waals surface area contributed by atoms with Crippen molar-refractivity contribution in [3.8, 4) is 0 Å². The summed E-state index contributed by atoms with van der Waals surface area (Å²) in [6, 6.07) is 4.86. The Kier molecular flexibility index (Phi) is 4.56. The van der Waals surface area contributed by atoms with Gasteiger partial charge < -0.3 is 10.6 Å². The number of thiophene rings is 1. The van der Waals surface area contributed by atoms with Gasteiger partial charge >= 0.3 is 0 Å². The smallest absolute Gasteiger partial charge is 0.0564 e. The summed E-state index contributed by atoms with van der Waals surface area (Å²) in [6.07, 6.45) is 1.25. The van der Waals surface area contributed by atoms with Crippen LogP contribution in [-0.2, 0) is 0 Å². The zero-order valence-corrected chi connectivity index (χ0v) is 11.7. The van der Waals surface area contributed by atoms with Gasteiger partial charge in [0.15, 0.2) is 0 Å². The second kappa shape index (κ2) is 5.96. The first-order valence-electron chi connectivity index (χ1n) is 6.39. The summed E-state index contributed by atoms with van der Waals surface area (Å²) in [6.45, 7) is 7.55. The molecule has 1 unspecified atom stereocenters. The summed E-state index contributed by atoms with van der Waals surface area (Å²) >= 11 is 1.89. The Hall–Kier alpha value is -0.420. The van der Waals surface area contributed by atoms with E-state index in [1.807, 2.05) is 11.3 Å². The van der Waals surface area contributed by atoms with Gasteiger partial charge in [-0.1, -0.05) is 0 Å². The lowest BCUT2D eigenvalue weighted by Crippen LogP contribution is -2.36. The van der Waals surface area contributed by atoms with Crippen LogP contribution < -0.4 is 5.73 Å². The van der Waals surface area contributed by atoms with Gasteiger partial charge in [-0.25, -0.2) is 0 Å². The lowest BCUT2D eigenvalue weighted by atomic mass is 10.2. The van der Waals surface area contributed by atoms with E-state index in [9.17, 15) is 0 Å². The van der Waals surface area contributed by atoms with Crippen molar-refractivity contribution < 1.29 is 0 Å². The molecule has 1 saturated heterocycles. The van der Waals surface area contributed by atoms with E-state index in [4.69, 9.17) is 5.73 Å². The minimum atomic E-state index is 0.417. The van der Waals surface area contributed by atoms with Crippen LogP contribution in [0.15, 0.2) is 12.1 Å². The van der Waals surface area contributed by atoms with E-state index >= 15 is 0 Å². The normalized spacial score (nSPS) is 21.4. The highest BCUT2D eigenvalue weighted by atomic mass is 32.1. The van der Waals surface area contributed by atoms with E-state index in [1.165, 1.54) is 29.3 Å². The Morgan fingerprint density at radius 1 is 1.29 bits per heavy atom. The Morgan fingerprint density at radius 2 is 2.12 bits per heavy atom. The fourth-order valence-electron chi connectivity index (χ4n) is 2.46. The molecule has 17 heavy (non-hydrogen) atoms. The maximum Gasteiger partial charge on any atom is 0.0564 e. The number of nitrogens with zero attached hydrogens (tertiary/aromatic N) is 2. The molecule has 0 aromatic carbocycles. The van der Waals surface area contributed by atoms with Crippen LogP contribution in [0, 0.1) is 6.92 Å². The molecule has 0 radical (unpaired) electrons. The van der Waals surface area contributed by atoms with Crippen LogP contribution in [0.4, 0.5) is 0 Å². The molecule has 2 N–H and O–H groups in total. The number of aryl methyl sites for hydroxylation is 1. The van der Waals surface area contributed by atoms with E-state index in [2.05, 4.69) is 35.9 Å². The fraction of sp³-hybridized carbons (Fsp3) is 0.692. The molecule has 1 aliphatic heterocycles. The molecule has 1 aliphatic rings. The van der Waals surface area contributed by atoms with Crippen LogP contribution >= 0.6 is 11.3 Å². The number of nitrogens with two attached hydrogens (primary N) is 1. The van der Waals surface area contributed by atoms with Crippen LogP contribution in [0.3, 0.4) is 0 Å². The van der Waals surface area contributed by atoms with Crippen molar-refractivity contribution in [1.29, 1.82) is 0 Å². The average molecular weight is 253 g/mol. The molecule has 96 valence electrons. The largest absolute Gasteiger partial charge is 0.329 e. The van der Waals surface area contributed by atoms with Crippen molar-refractivity contribution in [3.63, 3.8) is 0 Å². The van der Waals surface area contributed by atoms with E-state index in [1.54, 1.807) is 0 Å². The number of hydrogen-bond donors (Lipinski definition) is 1. The number of hydrogen-bond acceptors (Lipinski definition) is 4. The zero-order chi connectivity index (χ0) is 12.3. The summed E-state index contributed by atoms with van der Waals surface area (Å²) in [5.41, 5.74) is 5.98. The minimum absolute atomic E-state index is 0.417. The SMILES string of the molecule is Cc1ccc(C(CN)N2CCCN(C)CC2)s1. The van der Waals surface area contributed by atoms with E-state index in [0.717, 1.165) is 19.6 Å². The van der Waals surface area contributed by atoms with Gasteiger partial charge in [0, 0.05) is 35.9 Å². The molecule has 0 aliphatic carbocycles. The van der Waals surface area contributed by atoms with Crippen LogP contribution in [-0.4, -0.2) is 49.6 Å². The number of likely N-dealkylation sites (N-methyl/N-ethyl adjacent to an activating group) is 1. The Labute approximate surface area is 108 Å². The second-order valence-electron chi connectivity index (χ2n) is 4.89. The van der Waals surface area contributed by atoms with Gasteiger partial charge in [-0.3, -0.25) is 4.90 Å². The van der Waals surface area contributed by atoms with Gasteiger partial charge in [0.2, 0.25) is 0 Å². The first-order chi connectivity index (χ1) is 8.20. The van der Waals surface area contributed by atoms with Gasteiger partial charge in [0.05, 0.1) is 6.04 Å². The molecule has 4 heteroatoms. The molecule has 0 saturated carbocycles. The van der Waals surface area contributed by atoms with Crippen molar-refractivity contribution in [1.82, 2.24) is 9.80 Å². The third kappa shape index (κ3) is 3.28. The minimum Gasteiger partial charge on any atom is -0.329 e. The molecule has 1 atom stereocenters. The molecule has 1 aromatic rings. The Bertz CT molecular complexity index is 350. The third-order valence-electron chi connectivity index (χ3n) is 3.51. The standard InChI is InChI=1S/C13H23N3S/c1-11-4-5-13(17-11)12(10-14)16-7-3-6-15(2)8-9-16/h4-5,12H,3,6-10,14H2,1-2H3. The van der Waals surface area contributed by atoms with Gasteiger partial charge in [-0.2, -0.15) is 0 Å². The zero-order valence-electron chi connectivity index (χ0n) is 10.9. The van der Waals surface area contributed by atoms with Crippen molar-refractivity contribution in [3.05, 3.63) is 21.9 Å². The summed E-state index contributed by atoms with van der Waals surface area (Å²) in [5.74, 6) is 0. The van der Waals surface area contributed by atoms with Crippen LogP contribution in [0.2, 0.25) is 0 Å². The molecular formula is C13H23N3S. The molecular weight excluding hydrogens is 230 g/mol. The average Bonchev–Trinajstić information content (AvgIpc) is 2.61. The van der Waals surface area contributed by atoms with Crippen molar-refractivity contribution >= 4 is 11.3 Å². The van der Waals surface area contributed by atoms with Gasteiger partial charge in [0.1, 0.15) is 0 Å².